The molecule has 0 aromatic rings. The van der Waals surface area contributed by atoms with E-state index in [0.29, 0.717) is 11.7 Å². The van der Waals surface area contributed by atoms with Crippen LogP contribution in [-0.2, 0) is 4.74 Å². The van der Waals surface area contributed by atoms with Crippen molar-refractivity contribution in [3.63, 3.8) is 0 Å². The van der Waals surface area contributed by atoms with E-state index in [9.17, 15) is 0 Å². The molecule has 1 fully saturated rings. The Morgan fingerprint density at radius 2 is 2.43 bits per heavy atom. The van der Waals surface area contributed by atoms with Crippen molar-refractivity contribution < 1.29 is 4.74 Å². The Morgan fingerprint density at radius 1 is 1.71 bits per heavy atom. The SMILES string of the molecule is C=C1COC(=S)C1. The lowest BCUT2D eigenvalue weighted by molar-refractivity contribution is 0.375. The van der Waals surface area contributed by atoms with Crippen molar-refractivity contribution in [2.75, 3.05) is 6.61 Å². The van der Waals surface area contributed by atoms with E-state index >= 15 is 0 Å². The highest BCUT2D eigenvalue weighted by atomic mass is 32.1. The summed E-state index contributed by atoms with van der Waals surface area (Å²) in [5, 5.41) is 0.685. The van der Waals surface area contributed by atoms with Crippen molar-refractivity contribution in [1.29, 1.82) is 0 Å². The molecule has 0 radical (unpaired) electrons. The first-order chi connectivity index (χ1) is 3.29. The van der Waals surface area contributed by atoms with E-state index in [1.165, 1.54) is 0 Å². The van der Waals surface area contributed by atoms with Gasteiger partial charge in [-0.25, -0.2) is 0 Å². The molecule has 1 rings (SSSR count). The molecule has 1 saturated heterocycles. The molecule has 7 heavy (non-hydrogen) atoms. The van der Waals surface area contributed by atoms with Gasteiger partial charge in [0.2, 0.25) is 0 Å². The minimum Gasteiger partial charge on any atom is -0.482 e. The third-order valence-corrected chi connectivity index (χ3v) is 1.09. The molecule has 38 valence electrons. The van der Waals surface area contributed by atoms with Crippen LogP contribution in [0.1, 0.15) is 6.42 Å². The lowest BCUT2D eigenvalue weighted by Gasteiger charge is -1.84. The summed E-state index contributed by atoms with van der Waals surface area (Å²) in [4.78, 5) is 0. The molecule has 0 aromatic heterocycles. The average molecular weight is 114 g/mol. The molecule has 1 aliphatic heterocycles. The van der Waals surface area contributed by atoms with Crippen molar-refractivity contribution in [2.24, 2.45) is 0 Å². The average Bonchev–Trinajstić information content (AvgIpc) is 1.87. The maximum atomic E-state index is 4.90. The highest BCUT2D eigenvalue weighted by molar-refractivity contribution is 7.80. The second-order valence-corrected chi connectivity index (χ2v) is 2.04. The van der Waals surface area contributed by atoms with Crippen molar-refractivity contribution in [2.45, 2.75) is 6.42 Å². The van der Waals surface area contributed by atoms with Gasteiger partial charge in [0.15, 0.2) is 5.05 Å². The Hall–Kier alpha value is -0.370. The second-order valence-electron chi connectivity index (χ2n) is 1.59. The molecule has 1 aliphatic rings. The molecule has 0 bridgehead atoms. The van der Waals surface area contributed by atoms with Crippen LogP contribution < -0.4 is 0 Å². The number of hydrogen-bond donors (Lipinski definition) is 0. The lowest BCUT2D eigenvalue weighted by atomic mass is 10.3. The van der Waals surface area contributed by atoms with Gasteiger partial charge in [0.1, 0.15) is 6.61 Å². The molecule has 0 N–H and O–H groups in total. The van der Waals surface area contributed by atoms with Crippen LogP contribution in [0.3, 0.4) is 0 Å². The minimum absolute atomic E-state index is 0.638. The predicted molar refractivity (Wildman–Crippen MR) is 32.3 cm³/mol. The van der Waals surface area contributed by atoms with Crippen LogP contribution in [0.15, 0.2) is 12.2 Å². The van der Waals surface area contributed by atoms with Crippen molar-refractivity contribution in [3.8, 4) is 0 Å². The van der Waals surface area contributed by atoms with Gasteiger partial charge in [0.05, 0.1) is 0 Å². The molecular weight excluding hydrogens is 108 g/mol. The van der Waals surface area contributed by atoms with Gasteiger partial charge in [-0.3, -0.25) is 0 Å². The zero-order valence-corrected chi connectivity index (χ0v) is 4.75. The predicted octanol–water partition coefficient (Wildman–Crippen LogP) is 1.29. The summed E-state index contributed by atoms with van der Waals surface area (Å²) in [7, 11) is 0. The summed E-state index contributed by atoms with van der Waals surface area (Å²) in [6, 6.07) is 0. The number of rotatable bonds is 0. The van der Waals surface area contributed by atoms with Gasteiger partial charge in [-0.05, 0) is 17.8 Å². The quantitative estimate of drug-likeness (QED) is 0.346. The first-order valence-electron chi connectivity index (χ1n) is 2.11. The Morgan fingerprint density at radius 3 is 2.57 bits per heavy atom. The highest BCUT2D eigenvalue weighted by Gasteiger charge is 2.09. The Labute approximate surface area is 48.0 Å². The Kier molecular flexibility index (Phi) is 1.11. The van der Waals surface area contributed by atoms with Gasteiger partial charge < -0.3 is 4.74 Å². The van der Waals surface area contributed by atoms with Crippen LogP contribution in [0, 0.1) is 0 Å². The van der Waals surface area contributed by atoms with Crippen LogP contribution in [-0.4, -0.2) is 11.7 Å². The molecule has 0 spiro atoms. The summed E-state index contributed by atoms with van der Waals surface area (Å²) >= 11 is 4.71. The fraction of sp³-hybridized carbons (Fsp3) is 0.400. The molecular formula is C5H6OS. The minimum atomic E-state index is 0.638. The second kappa shape index (κ2) is 1.62. The van der Waals surface area contributed by atoms with Crippen molar-refractivity contribution >= 4 is 17.3 Å². The summed E-state index contributed by atoms with van der Waals surface area (Å²) in [5.74, 6) is 0. The largest absolute Gasteiger partial charge is 0.482 e. The fourth-order valence-electron chi connectivity index (χ4n) is 0.489. The van der Waals surface area contributed by atoms with Crippen LogP contribution in [0.2, 0.25) is 0 Å². The highest BCUT2D eigenvalue weighted by Crippen LogP contribution is 2.10. The molecule has 1 nitrogen and oxygen atoms in total. The van der Waals surface area contributed by atoms with E-state index in [4.69, 9.17) is 17.0 Å². The fourth-order valence-corrected chi connectivity index (χ4v) is 0.752. The standard InChI is InChI=1S/C5H6OS/c1-4-2-5(7)6-3-4/h1-3H2. The molecule has 0 amide bonds. The maximum absolute atomic E-state index is 4.90. The topological polar surface area (TPSA) is 9.23 Å². The van der Waals surface area contributed by atoms with Gasteiger partial charge in [-0.1, -0.05) is 6.58 Å². The van der Waals surface area contributed by atoms with E-state index < -0.39 is 0 Å². The van der Waals surface area contributed by atoms with Gasteiger partial charge in [-0.2, -0.15) is 0 Å². The molecule has 1 heterocycles. The van der Waals surface area contributed by atoms with Crippen LogP contribution >= 0.6 is 12.2 Å². The molecule has 0 aromatic carbocycles. The summed E-state index contributed by atoms with van der Waals surface area (Å²) < 4.78 is 4.90. The third kappa shape index (κ3) is 0.996. The zero-order valence-electron chi connectivity index (χ0n) is 3.94. The smallest absolute Gasteiger partial charge is 0.164 e. The molecule has 0 atom stereocenters. The van der Waals surface area contributed by atoms with Gasteiger partial charge >= 0.3 is 0 Å². The first kappa shape index (κ1) is 4.78. The summed E-state index contributed by atoms with van der Waals surface area (Å²) in [6.45, 7) is 4.33. The van der Waals surface area contributed by atoms with Crippen LogP contribution in [0.5, 0.6) is 0 Å². The van der Waals surface area contributed by atoms with E-state index in [-0.39, 0.29) is 0 Å². The molecule has 0 saturated carbocycles. The third-order valence-electron chi connectivity index (χ3n) is 0.832. The van der Waals surface area contributed by atoms with Crippen LogP contribution in [0.4, 0.5) is 0 Å². The first-order valence-corrected chi connectivity index (χ1v) is 2.52. The van der Waals surface area contributed by atoms with Gasteiger partial charge in [0, 0.05) is 6.42 Å². The monoisotopic (exact) mass is 114 g/mol. The number of ether oxygens (including phenoxy) is 1. The Balaban J connectivity index is 2.55. The summed E-state index contributed by atoms with van der Waals surface area (Å²) in [5.41, 5.74) is 1.09. The molecule has 0 unspecified atom stereocenters. The number of hydrogen-bond acceptors (Lipinski definition) is 2. The summed E-state index contributed by atoms with van der Waals surface area (Å²) in [6.07, 6.45) is 0.787. The normalized spacial score (nSPS) is 20.0. The van der Waals surface area contributed by atoms with E-state index in [1.807, 2.05) is 0 Å². The van der Waals surface area contributed by atoms with Gasteiger partial charge in [0.25, 0.3) is 0 Å². The van der Waals surface area contributed by atoms with E-state index in [1.54, 1.807) is 0 Å². The Bertz CT molecular complexity index is 103. The van der Waals surface area contributed by atoms with Crippen LogP contribution in [0.25, 0.3) is 0 Å². The number of thiocarbonyl (C=S) groups is 1. The van der Waals surface area contributed by atoms with E-state index in [0.717, 1.165) is 12.0 Å². The lowest BCUT2D eigenvalue weighted by Crippen LogP contribution is -1.84. The van der Waals surface area contributed by atoms with Crippen molar-refractivity contribution in [3.05, 3.63) is 12.2 Å². The van der Waals surface area contributed by atoms with Gasteiger partial charge in [-0.15, -0.1) is 0 Å². The maximum Gasteiger partial charge on any atom is 0.164 e. The molecule has 2 heteroatoms. The zero-order chi connectivity index (χ0) is 5.28. The molecule has 0 aliphatic carbocycles. The van der Waals surface area contributed by atoms with Crippen molar-refractivity contribution in [1.82, 2.24) is 0 Å². The van der Waals surface area contributed by atoms with E-state index in [2.05, 4.69) is 6.58 Å².